The minimum Gasteiger partial charge on any atom is -0.337 e. The van der Waals surface area contributed by atoms with Gasteiger partial charge in [-0.25, -0.2) is 9.78 Å². The molecule has 0 spiro atoms. The Kier molecular flexibility index (Phi) is 4.91. The quantitative estimate of drug-likeness (QED) is 0.756. The lowest BCUT2D eigenvalue weighted by Gasteiger charge is -2.09. The lowest BCUT2D eigenvalue weighted by molar-refractivity contribution is 0.252. The minimum absolute atomic E-state index is 0.251. The number of rotatable bonds is 5. The summed E-state index contributed by atoms with van der Waals surface area (Å²) >= 11 is 0. The van der Waals surface area contributed by atoms with Crippen LogP contribution in [0.2, 0.25) is 0 Å². The van der Waals surface area contributed by atoms with E-state index >= 15 is 0 Å². The minimum atomic E-state index is -0.251. The Morgan fingerprint density at radius 3 is 2.42 bits per heavy atom. The number of amides is 2. The fourth-order valence-corrected chi connectivity index (χ4v) is 2.51. The van der Waals surface area contributed by atoms with Gasteiger partial charge in [-0.15, -0.1) is 0 Å². The average molecular weight is 320 g/mol. The van der Waals surface area contributed by atoms with Crippen molar-refractivity contribution in [2.75, 3.05) is 11.9 Å². The van der Waals surface area contributed by atoms with Crippen molar-refractivity contribution in [3.8, 4) is 11.3 Å². The number of benzene rings is 2. The highest BCUT2D eigenvalue weighted by atomic mass is 16.2. The maximum absolute atomic E-state index is 12.0. The number of aromatic nitrogens is 2. The van der Waals surface area contributed by atoms with Gasteiger partial charge in [-0.2, -0.15) is 0 Å². The molecule has 0 aliphatic rings. The van der Waals surface area contributed by atoms with Gasteiger partial charge in [0.2, 0.25) is 5.95 Å². The molecule has 122 valence electrons. The lowest BCUT2D eigenvalue weighted by Crippen LogP contribution is -2.31. The number of anilines is 1. The molecule has 0 saturated heterocycles. The van der Waals surface area contributed by atoms with Crippen LogP contribution in [-0.2, 0) is 13.5 Å². The van der Waals surface area contributed by atoms with Crippen LogP contribution in [0.5, 0.6) is 0 Å². The van der Waals surface area contributed by atoms with Gasteiger partial charge in [-0.3, -0.25) is 5.32 Å². The molecule has 1 aromatic heterocycles. The molecule has 0 radical (unpaired) electrons. The molecule has 3 aromatic rings. The highest BCUT2D eigenvalue weighted by Crippen LogP contribution is 2.21. The summed E-state index contributed by atoms with van der Waals surface area (Å²) < 4.78 is 1.87. The Labute approximate surface area is 141 Å². The second-order valence-electron chi connectivity index (χ2n) is 5.51. The lowest BCUT2D eigenvalue weighted by atomic mass is 10.1. The van der Waals surface area contributed by atoms with Crippen LogP contribution in [0, 0.1) is 0 Å². The van der Waals surface area contributed by atoms with Gasteiger partial charge in [0.05, 0.1) is 11.9 Å². The largest absolute Gasteiger partial charge is 0.337 e. The van der Waals surface area contributed by atoms with Crippen LogP contribution in [0.4, 0.5) is 10.7 Å². The zero-order chi connectivity index (χ0) is 16.8. The summed E-state index contributed by atoms with van der Waals surface area (Å²) in [4.78, 5) is 16.3. The first-order valence-corrected chi connectivity index (χ1v) is 7.90. The summed E-state index contributed by atoms with van der Waals surface area (Å²) in [5, 5.41) is 5.64. The van der Waals surface area contributed by atoms with E-state index < -0.39 is 0 Å². The van der Waals surface area contributed by atoms with Crippen molar-refractivity contribution in [3.63, 3.8) is 0 Å². The van der Waals surface area contributed by atoms with Gasteiger partial charge in [0, 0.05) is 13.6 Å². The number of imidazole rings is 1. The number of hydrogen-bond donors (Lipinski definition) is 2. The number of carbonyl (C=O) groups is 1. The first kappa shape index (κ1) is 15.8. The van der Waals surface area contributed by atoms with Gasteiger partial charge in [0.1, 0.15) is 0 Å². The van der Waals surface area contributed by atoms with E-state index in [1.807, 2.05) is 72.3 Å². The zero-order valence-electron chi connectivity index (χ0n) is 13.6. The molecule has 0 atom stereocenters. The standard InChI is InChI=1S/C19H20N4O/c1-23-17(16-10-6-3-7-11-16)14-21-18(23)22-19(24)20-13-12-15-8-4-2-5-9-15/h2-11,14H,12-13H2,1H3,(H2,20,21,22,24). The third-order valence-electron chi connectivity index (χ3n) is 3.83. The normalized spacial score (nSPS) is 10.4. The van der Waals surface area contributed by atoms with E-state index in [1.165, 1.54) is 5.56 Å². The topological polar surface area (TPSA) is 59.0 Å². The van der Waals surface area contributed by atoms with Gasteiger partial charge in [0.15, 0.2) is 0 Å². The Bertz CT molecular complexity index is 797. The average Bonchev–Trinajstić information content (AvgIpc) is 2.97. The Balaban J connectivity index is 1.56. The first-order valence-electron chi connectivity index (χ1n) is 7.90. The Morgan fingerprint density at radius 2 is 1.71 bits per heavy atom. The van der Waals surface area contributed by atoms with E-state index in [0.29, 0.717) is 12.5 Å². The number of carbonyl (C=O) groups excluding carboxylic acids is 1. The van der Waals surface area contributed by atoms with E-state index in [1.54, 1.807) is 6.20 Å². The number of nitrogens with zero attached hydrogens (tertiary/aromatic N) is 2. The van der Waals surface area contributed by atoms with Crippen molar-refractivity contribution in [1.29, 1.82) is 0 Å². The summed E-state index contributed by atoms with van der Waals surface area (Å²) in [6, 6.07) is 19.8. The van der Waals surface area contributed by atoms with Crippen molar-refractivity contribution in [3.05, 3.63) is 72.4 Å². The van der Waals surface area contributed by atoms with Gasteiger partial charge in [-0.1, -0.05) is 60.7 Å². The molecule has 2 aromatic carbocycles. The Hall–Kier alpha value is -3.08. The number of urea groups is 1. The maximum atomic E-state index is 12.0. The molecule has 5 nitrogen and oxygen atoms in total. The van der Waals surface area contributed by atoms with Gasteiger partial charge < -0.3 is 9.88 Å². The molecule has 0 saturated carbocycles. The maximum Gasteiger partial charge on any atom is 0.321 e. The fourth-order valence-electron chi connectivity index (χ4n) is 2.51. The molecule has 0 unspecified atom stereocenters. The van der Waals surface area contributed by atoms with Crippen LogP contribution in [0.1, 0.15) is 5.56 Å². The van der Waals surface area contributed by atoms with E-state index in [4.69, 9.17) is 0 Å². The second-order valence-corrected chi connectivity index (χ2v) is 5.51. The van der Waals surface area contributed by atoms with Crippen molar-refractivity contribution in [1.82, 2.24) is 14.9 Å². The Morgan fingerprint density at radius 1 is 1.04 bits per heavy atom. The molecule has 24 heavy (non-hydrogen) atoms. The molecule has 3 rings (SSSR count). The summed E-state index contributed by atoms with van der Waals surface area (Å²) in [7, 11) is 1.88. The van der Waals surface area contributed by atoms with Crippen LogP contribution >= 0.6 is 0 Å². The highest BCUT2D eigenvalue weighted by molar-refractivity contribution is 5.87. The first-order chi connectivity index (χ1) is 11.7. The zero-order valence-corrected chi connectivity index (χ0v) is 13.6. The van der Waals surface area contributed by atoms with E-state index in [2.05, 4.69) is 15.6 Å². The summed E-state index contributed by atoms with van der Waals surface area (Å²) in [5.41, 5.74) is 3.21. The van der Waals surface area contributed by atoms with Crippen molar-refractivity contribution in [2.24, 2.45) is 7.05 Å². The molecule has 0 aliphatic carbocycles. The molecule has 0 bridgehead atoms. The van der Waals surface area contributed by atoms with Crippen molar-refractivity contribution < 1.29 is 4.79 Å². The van der Waals surface area contributed by atoms with Crippen LogP contribution in [0.3, 0.4) is 0 Å². The smallest absolute Gasteiger partial charge is 0.321 e. The van der Waals surface area contributed by atoms with E-state index in [9.17, 15) is 4.79 Å². The van der Waals surface area contributed by atoms with Crippen molar-refractivity contribution in [2.45, 2.75) is 6.42 Å². The number of hydrogen-bond acceptors (Lipinski definition) is 2. The van der Waals surface area contributed by atoms with Crippen LogP contribution in [-0.4, -0.2) is 22.1 Å². The van der Waals surface area contributed by atoms with E-state index in [0.717, 1.165) is 17.7 Å². The fraction of sp³-hybridized carbons (Fsp3) is 0.158. The van der Waals surface area contributed by atoms with Crippen LogP contribution in [0.15, 0.2) is 66.9 Å². The second kappa shape index (κ2) is 7.46. The van der Waals surface area contributed by atoms with Gasteiger partial charge in [-0.05, 0) is 17.5 Å². The van der Waals surface area contributed by atoms with Crippen LogP contribution in [0.25, 0.3) is 11.3 Å². The molecule has 2 N–H and O–H groups in total. The molecule has 5 heteroatoms. The summed E-state index contributed by atoms with van der Waals surface area (Å²) in [6.45, 7) is 0.575. The highest BCUT2D eigenvalue weighted by Gasteiger charge is 2.10. The predicted molar refractivity (Wildman–Crippen MR) is 95.8 cm³/mol. The van der Waals surface area contributed by atoms with Crippen LogP contribution < -0.4 is 10.6 Å². The monoisotopic (exact) mass is 320 g/mol. The molecular formula is C19H20N4O. The summed E-state index contributed by atoms with van der Waals surface area (Å²) in [5.74, 6) is 0.520. The van der Waals surface area contributed by atoms with E-state index in [-0.39, 0.29) is 6.03 Å². The predicted octanol–water partition coefficient (Wildman–Crippen LogP) is 3.45. The molecule has 0 aliphatic heterocycles. The third kappa shape index (κ3) is 3.81. The molecule has 0 fully saturated rings. The molecule has 2 amide bonds. The number of nitrogens with one attached hydrogen (secondary N) is 2. The molecular weight excluding hydrogens is 300 g/mol. The van der Waals surface area contributed by atoms with Gasteiger partial charge >= 0.3 is 6.03 Å². The van der Waals surface area contributed by atoms with Gasteiger partial charge in [0.25, 0.3) is 0 Å². The third-order valence-corrected chi connectivity index (χ3v) is 3.83. The SMILES string of the molecule is Cn1c(-c2ccccc2)cnc1NC(=O)NCCc1ccccc1. The summed E-state index contributed by atoms with van der Waals surface area (Å²) in [6.07, 6.45) is 2.55. The van der Waals surface area contributed by atoms with Crippen molar-refractivity contribution >= 4 is 12.0 Å². The molecule has 1 heterocycles.